The molecule has 0 amide bonds. The maximum Gasteiger partial charge on any atom is 0.423 e. The van der Waals surface area contributed by atoms with Gasteiger partial charge in [0.1, 0.15) is 17.8 Å². The van der Waals surface area contributed by atoms with Crippen molar-refractivity contribution in [1.29, 1.82) is 0 Å². The number of phenols is 1. The minimum absolute atomic E-state index is 0.0413. The van der Waals surface area contributed by atoms with Gasteiger partial charge in [-0.2, -0.15) is 0 Å². The molecule has 1 aliphatic heterocycles. The Morgan fingerprint density at radius 3 is 2.22 bits per heavy atom. The predicted molar refractivity (Wildman–Crippen MR) is 145 cm³/mol. The van der Waals surface area contributed by atoms with Crippen LogP contribution >= 0.6 is 11.6 Å². The van der Waals surface area contributed by atoms with Gasteiger partial charge in [0.2, 0.25) is 0 Å². The van der Waals surface area contributed by atoms with Crippen LogP contribution in [0.5, 0.6) is 5.75 Å². The number of hydrogen-bond acceptors (Lipinski definition) is 5. The molecule has 1 aliphatic rings. The molecule has 1 aromatic heterocycles. The van der Waals surface area contributed by atoms with Gasteiger partial charge in [0.05, 0.1) is 16.9 Å². The molecule has 1 saturated heterocycles. The molecule has 6 nitrogen and oxygen atoms in total. The minimum Gasteiger partial charge on any atom is -0.507 e. The first kappa shape index (κ1) is 25.1. The molecular formula is C29H29ClFN3O3. The maximum atomic E-state index is 14.8. The molecule has 0 radical (unpaired) electrons. The van der Waals surface area contributed by atoms with E-state index in [2.05, 4.69) is 30.6 Å². The van der Waals surface area contributed by atoms with Crippen LogP contribution in [-0.2, 0) is 0 Å². The van der Waals surface area contributed by atoms with Crippen molar-refractivity contribution in [3.63, 3.8) is 0 Å². The largest absolute Gasteiger partial charge is 0.507 e. The molecule has 1 fully saturated rings. The van der Waals surface area contributed by atoms with E-state index in [1.807, 2.05) is 24.3 Å². The normalized spacial score (nSPS) is 14.8. The summed E-state index contributed by atoms with van der Waals surface area (Å²) in [5, 5.41) is 11.5. The quantitative estimate of drug-likeness (QED) is 0.347. The highest BCUT2D eigenvalue weighted by atomic mass is 35.5. The predicted octanol–water partition coefficient (Wildman–Crippen LogP) is 6.18. The number of hydrogen-bond donors (Lipinski definition) is 1. The van der Waals surface area contributed by atoms with Gasteiger partial charge in [-0.15, -0.1) is 0 Å². The number of oxazole rings is 1. The van der Waals surface area contributed by atoms with Gasteiger partial charge in [0, 0.05) is 48.5 Å². The molecule has 8 heteroatoms. The summed E-state index contributed by atoms with van der Waals surface area (Å²) < 4.78 is 20.9. The van der Waals surface area contributed by atoms with Crippen LogP contribution in [-0.4, -0.2) is 46.3 Å². The average Bonchev–Trinajstić information content (AvgIpc) is 3.30. The SMILES string of the molecule is CC(C)(C)N1CCN(c2cccc(-c3cc(F)cc(-c4ccc(-n5ccoc5=O)c(Cl)c4)c3O)c2)CC1. The van der Waals surface area contributed by atoms with Crippen LogP contribution < -0.4 is 10.7 Å². The molecule has 1 N–H and O–H groups in total. The van der Waals surface area contributed by atoms with E-state index in [1.165, 1.54) is 29.2 Å². The van der Waals surface area contributed by atoms with Crippen LogP contribution in [0.15, 0.2) is 76.3 Å². The van der Waals surface area contributed by atoms with Crippen molar-refractivity contribution < 1.29 is 13.9 Å². The third kappa shape index (κ3) is 5.02. The number of nitrogens with zero attached hydrogens (tertiary/aromatic N) is 3. The zero-order chi connectivity index (χ0) is 26.3. The van der Waals surface area contributed by atoms with Gasteiger partial charge in [-0.3, -0.25) is 4.90 Å². The van der Waals surface area contributed by atoms with E-state index in [1.54, 1.807) is 18.2 Å². The summed E-state index contributed by atoms with van der Waals surface area (Å²) >= 11 is 6.45. The van der Waals surface area contributed by atoms with E-state index in [4.69, 9.17) is 16.0 Å². The third-order valence-electron chi connectivity index (χ3n) is 6.92. The third-order valence-corrected chi connectivity index (χ3v) is 7.22. The Kier molecular flexibility index (Phi) is 6.60. The summed E-state index contributed by atoms with van der Waals surface area (Å²) in [5.74, 6) is -1.08. The van der Waals surface area contributed by atoms with Gasteiger partial charge in [-0.25, -0.2) is 13.8 Å². The molecule has 37 heavy (non-hydrogen) atoms. The van der Waals surface area contributed by atoms with Gasteiger partial charge >= 0.3 is 5.76 Å². The molecule has 0 spiro atoms. The molecule has 3 aromatic carbocycles. The topological polar surface area (TPSA) is 61.9 Å². The van der Waals surface area contributed by atoms with Gasteiger partial charge in [0.15, 0.2) is 0 Å². The molecule has 2 heterocycles. The number of aromatic hydroxyl groups is 1. The van der Waals surface area contributed by atoms with Gasteiger partial charge < -0.3 is 14.4 Å². The van der Waals surface area contributed by atoms with Crippen LogP contribution in [0.3, 0.4) is 0 Å². The Morgan fingerprint density at radius 1 is 0.946 bits per heavy atom. The van der Waals surface area contributed by atoms with Crippen molar-refractivity contribution >= 4 is 17.3 Å². The first-order chi connectivity index (χ1) is 17.6. The first-order valence-corrected chi connectivity index (χ1v) is 12.6. The Labute approximate surface area is 220 Å². The van der Waals surface area contributed by atoms with Crippen LogP contribution in [0.25, 0.3) is 27.9 Å². The second-order valence-corrected chi connectivity index (χ2v) is 10.7. The van der Waals surface area contributed by atoms with E-state index >= 15 is 0 Å². The Balaban J connectivity index is 1.47. The number of benzene rings is 3. The van der Waals surface area contributed by atoms with Crippen molar-refractivity contribution in [2.75, 3.05) is 31.1 Å². The minimum atomic E-state index is -0.565. The lowest BCUT2D eigenvalue weighted by Crippen LogP contribution is -2.53. The van der Waals surface area contributed by atoms with Crippen molar-refractivity contribution in [1.82, 2.24) is 9.47 Å². The fraction of sp³-hybridized carbons (Fsp3) is 0.276. The molecule has 0 bridgehead atoms. The van der Waals surface area contributed by atoms with E-state index < -0.39 is 11.6 Å². The summed E-state index contributed by atoms with van der Waals surface area (Å²) in [6.07, 6.45) is 2.74. The van der Waals surface area contributed by atoms with Gasteiger partial charge in [-0.05, 0) is 68.3 Å². The lowest BCUT2D eigenvalue weighted by molar-refractivity contribution is 0.128. The number of aromatic nitrogens is 1. The molecule has 192 valence electrons. The van der Waals surface area contributed by atoms with Crippen molar-refractivity contribution in [3.8, 4) is 33.7 Å². The zero-order valence-corrected chi connectivity index (χ0v) is 21.8. The highest BCUT2D eigenvalue weighted by Crippen LogP contribution is 2.41. The van der Waals surface area contributed by atoms with Gasteiger partial charge in [0.25, 0.3) is 0 Å². The molecule has 5 rings (SSSR count). The maximum absolute atomic E-state index is 14.8. The van der Waals surface area contributed by atoms with E-state index in [0.717, 1.165) is 37.4 Å². The summed E-state index contributed by atoms with van der Waals surface area (Å²) in [6, 6.07) is 15.4. The van der Waals surface area contributed by atoms with Crippen LogP contribution in [0.4, 0.5) is 10.1 Å². The van der Waals surface area contributed by atoms with Crippen molar-refractivity contribution in [2.24, 2.45) is 0 Å². The number of anilines is 1. The van der Waals surface area contributed by atoms with Crippen molar-refractivity contribution in [2.45, 2.75) is 26.3 Å². The summed E-state index contributed by atoms with van der Waals surface area (Å²) in [7, 11) is 0. The number of phenolic OH excluding ortho intramolecular Hbond substituents is 1. The standard InChI is InChI=1S/C29H29ClFN3O3/c1-29(2,3)33-11-9-32(10-12-33)22-6-4-5-19(15-22)23-17-21(31)18-24(27(23)35)20-7-8-26(25(30)16-20)34-13-14-37-28(34)36/h4-8,13-18,35H,9-12H2,1-3H3. The first-order valence-electron chi connectivity index (χ1n) is 12.2. The summed E-state index contributed by atoms with van der Waals surface area (Å²) in [5.41, 5.74) is 3.56. The summed E-state index contributed by atoms with van der Waals surface area (Å²) in [6.45, 7) is 10.4. The van der Waals surface area contributed by atoms with E-state index in [0.29, 0.717) is 22.4 Å². The number of piperazine rings is 1. The lowest BCUT2D eigenvalue weighted by Gasteiger charge is -2.43. The van der Waals surface area contributed by atoms with Crippen LogP contribution in [0.2, 0.25) is 5.02 Å². The molecular weight excluding hydrogens is 493 g/mol. The number of halogens is 2. The zero-order valence-electron chi connectivity index (χ0n) is 21.0. The molecule has 0 saturated carbocycles. The Bertz CT molecular complexity index is 1500. The number of rotatable bonds is 4. The fourth-order valence-corrected chi connectivity index (χ4v) is 5.13. The molecule has 0 aliphatic carbocycles. The van der Waals surface area contributed by atoms with Gasteiger partial charge in [-0.1, -0.05) is 29.8 Å². The van der Waals surface area contributed by atoms with Crippen LogP contribution in [0, 0.1) is 5.82 Å². The monoisotopic (exact) mass is 521 g/mol. The second kappa shape index (κ2) is 9.72. The average molecular weight is 522 g/mol. The lowest BCUT2D eigenvalue weighted by atomic mass is 9.96. The van der Waals surface area contributed by atoms with Crippen molar-refractivity contribution in [3.05, 3.63) is 88.4 Å². The van der Waals surface area contributed by atoms with E-state index in [-0.39, 0.29) is 16.3 Å². The molecule has 0 atom stereocenters. The Morgan fingerprint density at radius 2 is 1.62 bits per heavy atom. The Hall–Kier alpha value is -3.55. The summed E-state index contributed by atoms with van der Waals surface area (Å²) in [4.78, 5) is 16.7. The molecule has 4 aromatic rings. The molecule has 0 unspecified atom stereocenters. The fourth-order valence-electron chi connectivity index (χ4n) is 4.86. The second-order valence-electron chi connectivity index (χ2n) is 10.2. The van der Waals surface area contributed by atoms with E-state index in [9.17, 15) is 14.3 Å². The highest BCUT2D eigenvalue weighted by Gasteiger charge is 2.26. The highest BCUT2D eigenvalue weighted by molar-refractivity contribution is 6.32. The van der Waals surface area contributed by atoms with Crippen LogP contribution in [0.1, 0.15) is 20.8 Å². The smallest absolute Gasteiger partial charge is 0.423 e.